The Morgan fingerprint density at radius 3 is 2.54 bits per heavy atom. The third kappa shape index (κ3) is 2.75. The van der Waals surface area contributed by atoms with Gasteiger partial charge in [-0.3, -0.25) is 9.36 Å². The molecule has 2 heterocycles. The molecule has 24 heavy (non-hydrogen) atoms. The van der Waals surface area contributed by atoms with E-state index in [0.717, 1.165) is 31.2 Å². The molecule has 2 fully saturated rings. The largest absolute Gasteiger partial charge is 0.420 e. The zero-order chi connectivity index (χ0) is 16.7. The topological polar surface area (TPSA) is 55.5 Å². The normalized spacial score (nSPS) is 20.1. The molecule has 2 aliphatic rings. The molecule has 1 aromatic carbocycles. The molecule has 0 N–H and O–H groups in total. The van der Waals surface area contributed by atoms with Crippen LogP contribution in [-0.2, 0) is 4.79 Å². The van der Waals surface area contributed by atoms with Crippen molar-refractivity contribution < 1.29 is 9.21 Å². The summed E-state index contributed by atoms with van der Waals surface area (Å²) in [7, 11) is 0. The van der Waals surface area contributed by atoms with Crippen LogP contribution < -0.4 is 5.76 Å². The second-order valence-electron chi connectivity index (χ2n) is 6.89. The Hall–Kier alpha value is -1.75. The van der Waals surface area contributed by atoms with E-state index >= 15 is 0 Å². The minimum absolute atomic E-state index is 0.0600. The maximum atomic E-state index is 12.5. The van der Waals surface area contributed by atoms with Gasteiger partial charge in [0.1, 0.15) is 0 Å². The Morgan fingerprint density at radius 2 is 1.83 bits per heavy atom. The molecule has 1 saturated carbocycles. The molecule has 1 aliphatic carbocycles. The molecule has 0 unspecified atom stereocenters. The van der Waals surface area contributed by atoms with E-state index in [0.29, 0.717) is 29.6 Å². The van der Waals surface area contributed by atoms with E-state index in [4.69, 9.17) is 16.0 Å². The maximum Gasteiger partial charge on any atom is 0.420 e. The summed E-state index contributed by atoms with van der Waals surface area (Å²) in [6, 6.07) is 5.29. The molecule has 2 aromatic rings. The molecule has 6 heteroatoms. The number of likely N-dealkylation sites (tertiary alicyclic amines) is 1. The minimum atomic E-state index is -0.340. The molecule has 128 valence electrons. The number of piperidine rings is 1. The van der Waals surface area contributed by atoms with Crippen molar-refractivity contribution in [2.45, 2.75) is 44.6 Å². The van der Waals surface area contributed by atoms with E-state index in [1.807, 2.05) is 4.90 Å². The first-order valence-electron chi connectivity index (χ1n) is 8.73. The van der Waals surface area contributed by atoms with Gasteiger partial charge in [-0.1, -0.05) is 24.4 Å². The Kier molecular flexibility index (Phi) is 4.12. The lowest BCUT2D eigenvalue weighted by Crippen LogP contribution is -2.42. The lowest BCUT2D eigenvalue weighted by molar-refractivity contribution is -0.136. The minimum Gasteiger partial charge on any atom is -0.408 e. The summed E-state index contributed by atoms with van der Waals surface area (Å²) < 4.78 is 7.04. The van der Waals surface area contributed by atoms with Crippen LogP contribution in [0.25, 0.3) is 11.1 Å². The molecule has 1 amide bonds. The van der Waals surface area contributed by atoms with Crippen LogP contribution in [0.15, 0.2) is 27.4 Å². The smallest absolute Gasteiger partial charge is 0.408 e. The standard InChI is InChI=1S/C18H21ClN2O3/c19-13-5-6-16-15(11-13)21(18(23)24-16)14-7-9-20(10-8-14)17(22)12-3-1-2-4-12/h5-6,11-12,14H,1-4,7-10H2. The first kappa shape index (κ1) is 15.8. The number of aromatic nitrogens is 1. The van der Waals surface area contributed by atoms with E-state index in [2.05, 4.69) is 0 Å². The second-order valence-corrected chi connectivity index (χ2v) is 7.32. The molecule has 0 atom stereocenters. The monoisotopic (exact) mass is 348 g/mol. The molecule has 1 saturated heterocycles. The fraction of sp³-hybridized carbons (Fsp3) is 0.556. The van der Waals surface area contributed by atoms with Crippen LogP contribution in [0.2, 0.25) is 5.02 Å². The number of fused-ring (bicyclic) bond motifs is 1. The van der Waals surface area contributed by atoms with Crippen LogP contribution in [0.4, 0.5) is 0 Å². The van der Waals surface area contributed by atoms with Gasteiger partial charge in [-0.15, -0.1) is 0 Å². The molecular weight excluding hydrogens is 328 g/mol. The van der Waals surface area contributed by atoms with Crippen molar-refractivity contribution in [1.29, 1.82) is 0 Å². The predicted octanol–water partition coefficient (Wildman–Crippen LogP) is 3.60. The van der Waals surface area contributed by atoms with E-state index in [1.165, 1.54) is 12.8 Å². The summed E-state index contributed by atoms with van der Waals surface area (Å²) in [5.74, 6) is 0.184. The number of rotatable bonds is 2. The number of benzene rings is 1. The van der Waals surface area contributed by atoms with Crippen LogP contribution >= 0.6 is 11.6 Å². The number of carbonyl (C=O) groups is 1. The zero-order valence-electron chi connectivity index (χ0n) is 13.5. The van der Waals surface area contributed by atoms with Crippen molar-refractivity contribution >= 4 is 28.6 Å². The molecular formula is C18H21ClN2O3. The van der Waals surface area contributed by atoms with Gasteiger partial charge in [0, 0.05) is 30.1 Å². The van der Waals surface area contributed by atoms with Gasteiger partial charge < -0.3 is 9.32 Å². The summed E-state index contributed by atoms with van der Waals surface area (Å²) in [4.78, 5) is 26.8. The number of hydrogen-bond acceptors (Lipinski definition) is 3. The van der Waals surface area contributed by atoms with Crippen LogP contribution in [-0.4, -0.2) is 28.5 Å². The SMILES string of the molecule is O=C(C1CCCC1)N1CCC(n2c(=O)oc3ccc(Cl)cc32)CC1. The fourth-order valence-electron chi connectivity index (χ4n) is 4.13. The predicted molar refractivity (Wildman–Crippen MR) is 92.3 cm³/mol. The third-order valence-corrected chi connectivity index (χ3v) is 5.66. The van der Waals surface area contributed by atoms with Crippen molar-refractivity contribution in [1.82, 2.24) is 9.47 Å². The van der Waals surface area contributed by atoms with E-state index in [1.54, 1.807) is 22.8 Å². The Balaban J connectivity index is 1.52. The average molecular weight is 349 g/mol. The highest BCUT2D eigenvalue weighted by Gasteiger charge is 2.31. The third-order valence-electron chi connectivity index (χ3n) is 5.42. The molecule has 1 aromatic heterocycles. The Morgan fingerprint density at radius 1 is 1.12 bits per heavy atom. The first-order valence-corrected chi connectivity index (χ1v) is 9.10. The summed E-state index contributed by atoms with van der Waals surface area (Å²) in [5.41, 5.74) is 1.31. The molecule has 0 spiro atoms. The van der Waals surface area contributed by atoms with Gasteiger partial charge in [-0.25, -0.2) is 4.79 Å². The maximum absolute atomic E-state index is 12.5. The molecule has 5 nitrogen and oxygen atoms in total. The zero-order valence-corrected chi connectivity index (χ0v) is 14.3. The van der Waals surface area contributed by atoms with Crippen molar-refractivity contribution in [3.63, 3.8) is 0 Å². The van der Waals surface area contributed by atoms with Gasteiger partial charge in [-0.2, -0.15) is 0 Å². The van der Waals surface area contributed by atoms with Crippen LogP contribution in [0.1, 0.15) is 44.6 Å². The van der Waals surface area contributed by atoms with Crippen LogP contribution in [0.3, 0.4) is 0 Å². The molecule has 1 aliphatic heterocycles. The lowest BCUT2D eigenvalue weighted by atomic mass is 10.0. The molecule has 0 radical (unpaired) electrons. The number of halogens is 1. The van der Waals surface area contributed by atoms with Crippen molar-refractivity contribution in [3.8, 4) is 0 Å². The highest BCUT2D eigenvalue weighted by atomic mass is 35.5. The van der Waals surface area contributed by atoms with Gasteiger partial charge in [0.2, 0.25) is 5.91 Å². The van der Waals surface area contributed by atoms with Crippen molar-refractivity contribution in [3.05, 3.63) is 33.8 Å². The second kappa shape index (κ2) is 6.28. The number of oxazole rings is 1. The highest BCUT2D eigenvalue weighted by molar-refractivity contribution is 6.31. The van der Waals surface area contributed by atoms with E-state index in [9.17, 15) is 9.59 Å². The van der Waals surface area contributed by atoms with Crippen molar-refractivity contribution in [2.75, 3.05) is 13.1 Å². The lowest BCUT2D eigenvalue weighted by Gasteiger charge is -2.33. The Bertz CT molecular complexity index is 811. The van der Waals surface area contributed by atoms with Gasteiger partial charge in [0.15, 0.2) is 5.58 Å². The number of carbonyl (C=O) groups excluding carboxylic acids is 1. The quantitative estimate of drug-likeness (QED) is 0.833. The number of amides is 1. The number of hydrogen-bond donors (Lipinski definition) is 0. The van der Waals surface area contributed by atoms with Crippen LogP contribution in [0.5, 0.6) is 0 Å². The Labute approximate surface area is 145 Å². The first-order chi connectivity index (χ1) is 11.6. The van der Waals surface area contributed by atoms with Gasteiger partial charge in [0.25, 0.3) is 0 Å². The van der Waals surface area contributed by atoms with Crippen molar-refractivity contribution in [2.24, 2.45) is 5.92 Å². The molecule has 0 bridgehead atoms. The van der Waals surface area contributed by atoms with Gasteiger partial charge in [-0.05, 0) is 43.9 Å². The average Bonchev–Trinajstić information content (AvgIpc) is 3.21. The van der Waals surface area contributed by atoms with E-state index < -0.39 is 0 Å². The summed E-state index contributed by atoms with van der Waals surface area (Å²) >= 11 is 6.07. The van der Waals surface area contributed by atoms with Gasteiger partial charge >= 0.3 is 5.76 Å². The van der Waals surface area contributed by atoms with E-state index in [-0.39, 0.29) is 17.7 Å². The summed E-state index contributed by atoms with van der Waals surface area (Å²) in [6.07, 6.45) is 5.96. The fourth-order valence-corrected chi connectivity index (χ4v) is 4.29. The van der Waals surface area contributed by atoms with Gasteiger partial charge in [0.05, 0.1) is 5.52 Å². The molecule has 4 rings (SSSR count). The van der Waals surface area contributed by atoms with Crippen LogP contribution in [0, 0.1) is 5.92 Å². The highest BCUT2D eigenvalue weighted by Crippen LogP contribution is 2.31. The summed E-state index contributed by atoms with van der Waals surface area (Å²) in [6.45, 7) is 1.42. The number of nitrogens with zero attached hydrogens (tertiary/aromatic N) is 2. The summed E-state index contributed by atoms with van der Waals surface area (Å²) in [5, 5.41) is 0.589.